The van der Waals surface area contributed by atoms with E-state index in [2.05, 4.69) is 4.98 Å². The lowest BCUT2D eigenvalue weighted by Gasteiger charge is -2.12. The number of rotatable bonds is 7. The summed E-state index contributed by atoms with van der Waals surface area (Å²) in [5.74, 6) is -0.771. The van der Waals surface area contributed by atoms with Gasteiger partial charge < -0.3 is 4.84 Å². The molecule has 0 unspecified atom stereocenters. The monoisotopic (exact) mass is 388 g/mol. The summed E-state index contributed by atoms with van der Waals surface area (Å²) >= 11 is 0. The highest BCUT2D eigenvalue weighted by molar-refractivity contribution is 8.76. The maximum Gasteiger partial charge on any atom is 0.363 e. The number of pyridine rings is 1. The second-order valence-electron chi connectivity index (χ2n) is 5.48. The Kier molecular flexibility index (Phi) is 6.30. The van der Waals surface area contributed by atoms with Crippen LogP contribution in [0.2, 0.25) is 0 Å². The Morgan fingerprint density at radius 2 is 1.81 bits per heavy atom. The number of carbonyl (C=O) groups excluding carboxylic acids is 3. The van der Waals surface area contributed by atoms with Crippen LogP contribution >= 0.6 is 21.6 Å². The predicted molar refractivity (Wildman–Crippen MR) is 99.2 cm³/mol. The maximum atomic E-state index is 12.0. The van der Waals surface area contributed by atoms with Gasteiger partial charge in [-0.15, -0.1) is 5.06 Å². The Labute approximate surface area is 158 Å². The molecule has 1 aromatic carbocycles. The quantitative estimate of drug-likeness (QED) is 0.409. The summed E-state index contributed by atoms with van der Waals surface area (Å²) in [6, 6.07) is 12.8. The summed E-state index contributed by atoms with van der Waals surface area (Å²) < 4.78 is 0. The van der Waals surface area contributed by atoms with E-state index >= 15 is 0 Å². The van der Waals surface area contributed by atoms with Crippen LogP contribution in [0.15, 0.2) is 53.7 Å². The van der Waals surface area contributed by atoms with Crippen molar-refractivity contribution in [1.29, 1.82) is 0 Å². The topological polar surface area (TPSA) is 76.6 Å². The summed E-state index contributed by atoms with van der Waals surface area (Å²) in [5.41, 5.74) is 1.39. The molecule has 0 saturated carbocycles. The van der Waals surface area contributed by atoms with Gasteiger partial charge in [0.05, 0.1) is 5.56 Å². The molecule has 1 aliphatic rings. The molecule has 0 bridgehead atoms. The number of hydrogen-bond donors (Lipinski definition) is 0. The molecular weight excluding hydrogens is 372 g/mol. The van der Waals surface area contributed by atoms with E-state index in [1.54, 1.807) is 39.9 Å². The standard InChI is InChI=1S/C18H16N2O4S2/c21-16-8-9-17(22)20(16)24-18(23)14-6-4-13(5-7-14)10-12-25-26-15-3-1-2-11-19-15/h1-7,11H,8-10,12H2. The lowest BCUT2D eigenvalue weighted by Crippen LogP contribution is -2.32. The smallest absolute Gasteiger partial charge is 0.325 e. The van der Waals surface area contributed by atoms with Gasteiger partial charge in [0, 0.05) is 24.8 Å². The number of aryl methyl sites for hydroxylation is 1. The minimum Gasteiger partial charge on any atom is -0.325 e. The molecule has 1 aliphatic heterocycles. The third-order valence-electron chi connectivity index (χ3n) is 3.63. The minimum absolute atomic E-state index is 0.0826. The predicted octanol–water partition coefficient (Wildman–Crippen LogP) is 3.29. The van der Waals surface area contributed by atoms with Crippen molar-refractivity contribution in [3.63, 3.8) is 0 Å². The third kappa shape index (κ3) is 4.86. The fourth-order valence-corrected chi connectivity index (χ4v) is 4.18. The lowest BCUT2D eigenvalue weighted by molar-refractivity contribution is -0.172. The number of hydroxylamine groups is 2. The minimum atomic E-state index is -0.708. The molecule has 2 heterocycles. The van der Waals surface area contributed by atoms with Crippen LogP contribution in [0.1, 0.15) is 28.8 Å². The summed E-state index contributed by atoms with van der Waals surface area (Å²) in [6.45, 7) is 0. The van der Waals surface area contributed by atoms with Crippen LogP contribution in [0.25, 0.3) is 0 Å². The lowest BCUT2D eigenvalue weighted by atomic mass is 10.1. The molecule has 1 aromatic heterocycles. The van der Waals surface area contributed by atoms with E-state index in [1.165, 1.54) is 0 Å². The van der Waals surface area contributed by atoms with Crippen molar-refractivity contribution in [2.45, 2.75) is 24.3 Å². The molecular formula is C18H16N2O4S2. The highest BCUT2D eigenvalue weighted by Crippen LogP contribution is 2.29. The molecule has 2 amide bonds. The van der Waals surface area contributed by atoms with Gasteiger partial charge in [-0.05, 0) is 47.0 Å². The highest BCUT2D eigenvalue weighted by atomic mass is 33.1. The molecule has 26 heavy (non-hydrogen) atoms. The van der Waals surface area contributed by atoms with Crippen molar-refractivity contribution in [1.82, 2.24) is 10.0 Å². The number of nitrogens with zero attached hydrogens (tertiary/aromatic N) is 2. The zero-order valence-electron chi connectivity index (χ0n) is 13.8. The Hall–Kier alpha value is -2.32. The largest absolute Gasteiger partial charge is 0.363 e. The van der Waals surface area contributed by atoms with Crippen LogP contribution in [0.3, 0.4) is 0 Å². The van der Waals surface area contributed by atoms with E-state index in [0.717, 1.165) is 22.8 Å². The first-order valence-corrected chi connectivity index (χ1v) is 10.3. The van der Waals surface area contributed by atoms with Gasteiger partial charge in [0.15, 0.2) is 0 Å². The first-order valence-electron chi connectivity index (χ1n) is 8.01. The zero-order chi connectivity index (χ0) is 18.4. The van der Waals surface area contributed by atoms with Crippen molar-refractivity contribution >= 4 is 39.4 Å². The molecule has 0 N–H and O–H groups in total. The molecule has 3 rings (SSSR count). The van der Waals surface area contributed by atoms with E-state index < -0.39 is 17.8 Å². The van der Waals surface area contributed by atoms with Crippen LogP contribution in [-0.2, 0) is 20.8 Å². The van der Waals surface area contributed by atoms with Gasteiger partial charge in [-0.3, -0.25) is 9.59 Å². The van der Waals surface area contributed by atoms with Crippen molar-refractivity contribution in [2.75, 3.05) is 5.75 Å². The van der Waals surface area contributed by atoms with Crippen LogP contribution < -0.4 is 0 Å². The van der Waals surface area contributed by atoms with E-state index in [4.69, 9.17) is 4.84 Å². The van der Waals surface area contributed by atoms with Crippen molar-refractivity contribution in [3.8, 4) is 0 Å². The number of carbonyl (C=O) groups is 3. The fraction of sp³-hybridized carbons (Fsp3) is 0.222. The number of benzene rings is 1. The Balaban J connectivity index is 1.46. The van der Waals surface area contributed by atoms with Crippen LogP contribution in [-0.4, -0.2) is 33.6 Å². The van der Waals surface area contributed by atoms with Gasteiger partial charge in [-0.2, -0.15) is 0 Å². The van der Waals surface area contributed by atoms with Crippen LogP contribution in [0.5, 0.6) is 0 Å². The highest BCUT2D eigenvalue weighted by Gasteiger charge is 2.33. The van der Waals surface area contributed by atoms with E-state index in [9.17, 15) is 14.4 Å². The van der Waals surface area contributed by atoms with Gasteiger partial charge in [0.25, 0.3) is 11.8 Å². The van der Waals surface area contributed by atoms with Crippen molar-refractivity contribution in [3.05, 3.63) is 59.8 Å². The normalized spacial score (nSPS) is 13.9. The number of amides is 2. The average molecular weight is 388 g/mol. The molecule has 0 spiro atoms. The first kappa shape index (κ1) is 18.5. The van der Waals surface area contributed by atoms with E-state index in [1.807, 2.05) is 30.3 Å². The van der Waals surface area contributed by atoms with Gasteiger partial charge in [-0.25, -0.2) is 9.78 Å². The first-order chi connectivity index (χ1) is 12.6. The molecule has 2 aromatic rings. The third-order valence-corrected chi connectivity index (χ3v) is 5.89. The summed E-state index contributed by atoms with van der Waals surface area (Å²) in [4.78, 5) is 44.1. The molecule has 134 valence electrons. The molecule has 8 heteroatoms. The number of hydrogen-bond acceptors (Lipinski definition) is 7. The molecule has 0 aliphatic carbocycles. The molecule has 1 fully saturated rings. The zero-order valence-corrected chi connectivity index (χ0v) is 15.4. The average Bonchev–Trinajstić information content (AvgIpc) is 2.98. The number of aromatic nitrogens is 1. The van der Waals surface area contributed by atoms with Gasteiger partial charge in [0.1, 0.15) is 5.03 Å². The molecule has 0 radical (unpaired) electrons. The van der Waals surface area contributed by atoms with E-state index in [-0.39, 0.29) is 12.8 Å². The fourth-order valence-electron chi connectivity index (χ4n) is 2.26. The second kappa shape index (κ2) is 8.86. The van der Waals surface area contributed by atoms with Crippen LogP contribution in [0.4, 0.5) is 0 Å². The Bertz CT molecular complexity index is 781. The molecule has 6 nitrogen and oxygen atoms in total. The Morgan fingerprint density at radius 1 is 1.08 bits per heavy atom. The summed E-state index contributed by atoms with van der Waals surface area (Å²) in [7, 11) is 3.34. The van der Waals surface area contributed by atoms with Crippen molar-refractivity contribution < 1.29 is 19.2 Å². The summed E-state index contributed by atoms with van der Waals surface area (Å²) in [5, 5.41) is 1.53. The second-order valence-corrected chi connectivity index (χ2v) is 7.92. The van der Waals surface area contributed by atoms with Gasteiger partial charge in [-0.1, -0.05) is 29.0 Å². The SMILES string of the molecule is O=C(ON1C(=O)CCC1=O)c1ccc(CCSSc2ccccn2)cc1. The maximum absolute atomic E-state index is 12.0. The van der Waals surface area contributed by atoms with E-state index in [0.29, 0.717) is 10.6 Å². The summed E-state index contributed by atoms with van der Waals surface area (Å²) in [6.07, 6.45) is 2.78. The van der Waals surface area contributed by atoms with Crippen molar-refractivity contribution in [2.24, 2.45) is 0 Å². The van der Waals surface area contributed by atoms with Gasteiger partial charge in [0.2, 0.25) is 0 Å². The molecule has 0 atom stereocenters. The number of imide groups is 1. The van der Waals surface area contributed by atoms with Crippen LogP contribution in [0, 0.1) is 0 Å². The molecule has 1 saturated heterocycles. The Morgan fingerprint density at radius 3 is 2.46 bits per heavy atom. The van der Waals surface area contributed by atoms with Gasteiger partial charge >= 0.3 is 5.97 Å².